The molecule has 7 nitrogen and oxygen atoms in total. The van der Waals surface area contributed by atoms with Crippen LogP contribution in [0.1, 0.15) is 10.5 Å². The fraction of sp³-hybridized carbons (Fsp3) is 0. The van der Waals surface area contributed by atoms with E-state index >= 15 is 0 Å². The summed E-state index contributed by atoms with van der Waals surface area (Å²) in [5.41, 5.74) is 6.74. The van der Waals surface area contributed by atoms with Crippen LogP contribution in [-0.4, -0.2) is 20.9 Å². The first kappa shape index (κ1) is 12.8. The minimum absolute atomic E-state index is 0.0350. The maximum absolute atomic E-state index is 12.2. The topological polar surface area (TPSA) is 107 Å². The van der Waals surface area contributed by atoms with Crippen LogP contribution in [0.15, 0.2) is 53.5 Å². The SMILES string of the molecule is Nc1ncc(-c2ccco2)nc1C(=O)Nc1cccnc1. The van der Waals surface area contributed by atoms with Crippen molar-refractivity contribution in [1.29, 1.82) is 0 Å². The molecule has 0 aliphatic heterocycles. The van der Waals surface area contributed by atoms with Gasteiger partial charge in [0.05, 0.1) is 24.3 Å². The zero-order chi connectivity index (χ0) is 14.7. The monoisotopic (exact) mass is 281 g/mol. The van der Waals surface area contributed by atoms with Crippen LogP contribution in [0, 0.1) is 0 Å². The van der Waals surface area contributed by atoms with E-state index in [-0.39, 0.29) is 11.5 Å². The van der Waals surface area contributed by atoms with Gasteiger partial charge in [-0.1, -0.05) is 0 Å². The summed E-state index contributed by atoms with van der Waals surface area (Å²) >= 11 is 0. The average molecular weight is 281 g/mol. The third kappa shape index (κ3) is 2.71. The molecule has 3 rings (SSSR count). The molecule has 0 aromatic carbocycles. The van der Waals surface area contributed by atoms with E-state index in [1.807, 2.05) is 0 Å². The number of aromatic nitrogens is 3. The van der Waals surface area contributed by atoms with Gasteiger partial charge in [0, 0.05) is 6.20 Å². The molecule has 0 saturated carbocycles. The molecule has 1 amide bonds. The molecule has 0 bridgehead atoms. The number of nitrogen functional groups attached to an aromatic ring is 1. The summed E-state index contributed by atoms with van der Waals surface area (Å²) in [7, 11) is 0. The highest BCUT2D eigenvalue weighted by Crippen LogP contribution is 2.19. The number of anilines is 2. The lowest BCUT2D eigenvalue weighted by molar-refractivity contribution is 0.102. The van der Waals surface area contributed by atoms with E-state index in [0.717, 1.165) is 0 Å². The standard InChI is InChI=1S/C14H11N5O2/c15-13-12(14(20)18-9-3-1-5-16-7-9)19-10(8-17-13)11-4-2-6-21-11/h1-8H,(H2,15,17)(H,18,20). The van der Waals surface area contributed by atoms with Crippen LogP contribution < -0.4 is 11.1 Å². The Balaban J connectivity index is 1.91. The minimum Gasteiger partial charge on any atom is -0.463 e. The molecule has 3 aromatic heterocycles. The first-order chi connectivity index (χ1) is 10.2. The van der Waals surface area contributed by atoms with E-state index < -0.39 is 5.91 Å². The van der Waals surface area contributed by atoms with Gasteiger partial charge in [0.25, 0.3) is 5.91 Å². The van der Waals surface area contributed by atoms with Crippen LogP contribution in [0.3, 0.4) is 0 Å². The summed E-state index contributed by atoms with van der Waals surface area (Å²) in [5.74, 6) is 0.103. The molecule has 0 radical (unpaired) electrons. The number of nitrogens with one attached hydrogen (secondary N) is 1. The molecule has 3 heterocycles. The molecule has 0 fully saturated rings. The molecule has 3 N–H and O–H groups in total. The van der Waals surface area contributed by atoms with Crippen LogP contribution in [0.2, 0.25) is 0 Å². The second-order valence-corrected chi connectivity index (χ2v) is 4.16. The number of furan rings is 1. The zero-order valence-electron chi connectivity index (χ0n) is 10.9. The van der Waals surface area contributed by atoms with Crippen molar-refractivity contribution in [3.8, 4) is 11.5 Å². The maximum atomic E-state index is 12.2. The summed E-state index contributed by atoms with van der Waals surface area (Å²) in [6, 6.07) is 6.88. The Morgan fingerprint density at radius 1 is 1.24 bits per heavy atom. The number of rotatable bonds is 3. The second-order valence-electron chi connectivity index (χ2n) is 4.16. The Kier molecular flexibility index (Phi) is 3.30. The van der Waals surface area contributed by atoms with Gasteiger partial charge in [0.1, 0.15) is 5.69 Å². The molecule has 3 aromatic rings. The van der Waals surface area contributed by atoms with Crippen LogP contribution in [-0.2, 0) is 0 Å². The van der Waals surface area contributed by atoms with Gasteiger partial charge in [-0.15, -0.1) is 0 Å². The van der Waals surface area contributed by atoms with Crippen molar-refractivity contribution in [1.82, 2.24) is 15.0 Å². The fourth-order valence-electron chi connectivity index (χ4n) is 1.74. The summed E-state index contributed by atoms with van der Waals surface area (Å²) in [6.45, 7) is 0. The number of amides is 1. The number of carbonyl (C=O) groups excluding carboxylic acids is 1. The number of hydrogen-bond donors (Lipinski definition) is 2. The van der Waals surface area contributed by atoms with E-state index in [1.165, 1.54) is 18.7 Å². The summed E-state index contributed by atoms with van der Waals surface area (Å²) < 4.78 is 5.23. The predicted molar refractivity (Wildman–Crippen MR) is 76.3 cm³/mol. The molecular formula is C14H11N5O2. The lowest BCUT2D eigenvalue weighted by Gasteiger charge is -2.06. The molecule has 0 saturated heterocycles. The van der Waals surface area contributed by atoms with Crippen molar-refractivity contribution >= 4 is 17.4 Å². The first-order valence-corrected chi connectivity index (χ1v) is 6.12. The molecule has 0 atom stereocenters. The van der Waals surface area contributed by atoms with Gasteiger partial charge in [-0.05, 0) is 24.3 Å². The van der Waals surface area contributed by atoms with Crippen molar-refractivity contribution in [2.24, 2.45) is 0 Å². The quantitative estimate of drug-likeness (QED) is 0.760. The van der Waals surface area contributed by atoms with E-state index in [4.69, 9.17) is 10.2 Å². The highest BCUT2D eigenvalue weighted by molar-refractivity contribution is 6.05. The first-order valence-electron chi connectivity index (χ1n) is 6.12. The predicted octanol–water partition coefficient (Wildman–Crippen LogP) is 1.97. The normalized spacial score (nSPS) is 10.3. The van der Waals surface area contributed by atoms with Gasteiger partial charge in [0.15, 0.2) is 17.3 Å². The van der Waals surface area contributed by atoms with Gasteiger partial charge in [-0.2, -0.15) is 0 Å². The van der Waals surface area contributed by atoms with E-state index in [1.54, 1.807) is 30.5 Å². The molecule has 0 spiro atoms. The zero-order valence-corrected chi connectivity index (χ0v) is 10.9. The second kappa shape index (κ2) is 5.41. The summed E-state index contributed by atoms with van der Waals surface area (Å²) in [5, 5.41) is 2.66. The molecule has 0 unspecified atom stereocenters. The van der Waals surface area contributed by atoms with Crippen LogP contribution in [0.25, 0.3) is 11.5 Å². The summed E-state index contributed by atoms with van der Waals surface area (Å²) in [4.78, 5) is 24.3. The molecule has 21 heavy (non-hydrogen) atoms. The third-order valence-corrected chi connectivity index (χ3v) is 2.71. The highest BCUT2D eigenvalue weighted by atomic mass is 16.3. The Hall–Kier alpha value is -3.22. The van der Waals surface area contributed by atoms with Crippen molar-refractivity contribution in [3.05, 3.63) is 54.8 Å². The number of nitrogens with zero attached hydrogens (tertiary/aromatic N) is 3. The highest BCUT2D eigenvalue weighted by Gasteiger charge is 2.15. The average Bonchev–Trinajstić information content (AvgIpc) is 3.03. The Morgan fingerprint density at radius 2 is 2.14 bits per heavy atom. The van der Waals surface area contributed by atoms with Crippen LogP contribution in [0.5, 0.6) is 0 Å². The molecule has 0 aliphatic rings. The van der Waals surface area contributed by atoms with E-state index in [2.05, 4.69) is 20.3 Å². The lowest BCUT2D eigenvalue weighted by Crippen LogP contribution is -2.17. The van der Waals surface area contributed by atoms with Gasteiger partial charge in [-0.25, -0.2) is 9.97 Å². The van der Waals surface area contributed by atoms with Crippen LogP contribution >= 0.6 is 0 Å². The molecule has 0 aliphatic carbocycles. The van der Waals surface area contributed by atoms with Gasteiger partial charge in [-0.3, -0.25) is 9.78 Å². The third-order valence-electron chi connectivity index (χ3n) is 2.71. The Morgan fingerprint density at radius 3 is 2.86 bits per heavy atom. The smallest absolute Gasteiger partial charge is 0.278 e. The molecule has 7 heteroatoms. The lowest BCUT2D eigenvalue weighted by atomic mass is 10.3. The number of pyridine rings is 1. The summed E-state index contributed by atoms with van der Waals surface area (Å²) in [6.07, 6.45) is 6.11. The molecule has 104 valence electrons. The van der Waals surface area contributed by atoms with Crippen molar-refractivity contribution in [3.63, 3.8) is 0 Å². The number of carbonyl (C=O) groups is 1. The number of nitrogens with two attached hydrogens (primary N) is 1. The minimum atomic E-state index is -0.457. The van der Waals surface area contributed by atoms with Gasteiger partial charge >= 0.3 is 0 Å². The van der Waals surface area contributed by atoms with Crippen molar-refractivity contribution in [2.75, 3.05) is 11.1 Å². The van der Waals surface area contributed by atoms with Gasteiger partial charge in [0.2, 0.25) is 0 Å². The maximum Gasteiger partial charge on any atom is 0.278 e. The number of hydrogen-bond acceptors (Lipinski definition) is 6. The largest absolute Gasteiger partial charge is 0.463 e. The Labute approximate surface area is 119 Å². The Bertz CT molecular complexity index is 756. The van der Waals surface area contributed by atoms with Gasteiger partial charge < -0.3 is 15.5 Å². The van der Waals surface area contributed by atoms with Crippen molar-refractivity contribution in [2.45, 2.75) is 0 Å². The van der Waals surface area contributed by atoms with Crippen LogP contribution in [0.4, 0.5) is 11.5 Å². The van der Waals surface area contributed by atoms with E-state index in [9.17, 15) is 4.79 Å². The van der Waals surface area contributed by atoms with Crippen molar-refractivity contribution < 1.29 is 9.21 Å². The fourth-order valence-corrected chi connectivity index (χ4v) is 1.74. The van der Waals surface area contributed by atoms with E-state index in [0.29, 0.717) is 17.1 Å². The molecular weight excluding hydrogens is 270 g/mol.